The van der Waals surface area contributed by atoms with E-state index in [2.05, 4.69) is 0 Å². The Morgan fingerprint density at radius 2 is 1.26 bits per heavy atom. The van der Waals surface area contributed by atoms with Crippen molar-refractivity contribution in [3.8, 4) is 0 Å². The van der Waals surface area contributed by atoms with Crippen LogP contribution in [0.2, 0.25) is 0 Å². The van der Waals surface area contributed by atoms with E-state index in [1.165, 1.54) is 0 Å². The van der Waals surface area contributed by atoms with Crippen LogP contribution in [-0.4, -0.2) is 177 Å². The van der Waals surface area contributed by atoms with Gasteiger partial charge in [-0.3, -0.25) is 9.59 Å². The van der Waals surface area contributed by atoms with Gasteiger partial charge < -0.3 is 80.2 Å². The molecule has 0 spiro atoms. The molecule has 0 aromatic heterocycles. The molecule has 3 heterocycles. The Bertz CT molecular complexity index is 872. The third-order valence-electron chi connectivity index (χ3n) is 7.22. The number of aliphatic hydroxyl groups excluding tert-OH is 9. The SMILES string of the molecule is O=C(O)CC(=O)OC[C@H]1OC([C@]2(O)[CH]O[C@H](CO)[C@@H](O)[C@@]2(O)C2O[C@@H](CO)[C@H](O)[C@@H](O)[C@@H]2O)[C@H](O)[C@@H](O)[C@@H]1O. The Kier molecular flexibility index (Phi) is 9.89. The number of esters is 1. The largest absolute Gasteiger partial charge is 0.481 e. The van der Waals surface area contributed by atoms with Gasteiger partial charge in [0.2, 0.25) is 0 Å². The number of carboxylic acids is 1. The van der Waals surface area contributed by atoms with Crippen molar-refractivity contribution in [2.45, 2.75) is 90.9 Å². The van der Waals surface area contributed by atoms with Gasteiger partial charge in [0.25, 0.3) is 0 Å². The Morgan fingerprint density at radius 3 is 1.79 bits per heavy atom. The Morgan fingerprint density at radius 1 is 0.744 bits per heavy atom. The lowest BCUT2D eigenvalue weighted by atomic mass is 9.64. The zero-order valence-corrected chi connectivity index (χ0v) is 20.2. The number of aliphatic hydroxyl groups is 11. The number of carbonyl (C=O) groups is 2. The summed E-state index contributed by atoms with van der Waals surface area (Å²) in [7, 11) is 0. The van der Waals surface area contributed by atoms with E-state index in [0.29, 0.717) is 6.61 Å². The first-order valence-corrected chi connectivity index (χ1v) is 11.8. The molecule has 18 nitrogen and oxygen atoms in total. The van der Waals surface area contributed by atoms with Gasteiger partial charge in [0.15, 0.2) is 11.2 Å². The third kappa shape index (κ3) is 5.51. The molecule has 3 saturated heterocycles. The molecule has 0 amide bonds. The summed E-state index contributed by atoms with van der Waals surface area (Å²) in [5.74, 6) is -2.82. The topological polar surface area (TPSA) is 314 Å². The molecule has 2 unspecified atom stereocenters. The molecular formula is C21H33O18. The first kappa shape index (κ1) is 31.9. The summed E-state index contributed by atoms with van der Waals surface area (Å²) in [6.45, 7) is -2.52. The smallest absolute Gasteiger partial charge is 0.317 e. The van der Waals surface area contributed by atoms with Crippen LogP contribution in [0.4, 0.5) is 0 Å². The summed E-state index contributed by atoms with van der Waals surface area (Å²) in [4.78, 5) is 22.3. The normalized spacial score (nSPS) is 48.9. The average Bonchev–Trinajstić information content (AvgIpc) is 2.88. The first-order chi connectivity index (χ1) is 18.1. The van der Waals surface area contributed by atoms with Crippen molar-refractivity contribution in [1.82, 2.24) is 0 Å². The molecule has 0 aliphatic carbocycles. The minimum absolute atomic E-state index is 0.383. The maximum atomic E-state index is 11.8. The summed E-state index contributed by atoms with van der Waals surface area (Å²) in [5, 5.41) is 125. The Balaban J connectivity index is 2.02. The Hall–Kier alpha value is -1.62. The van der Waals surface area contributed by atoms with Crippen LogP contribution in [0.3, 0.4) is 0 Å². The molecule has 1 radical (unpaired) electrons. The van der Waals surface area contributed by atoms with Crippen molar-refractivity contribution >= 4 is 11.9 Å². The first-order valence-electron chi connectivity index (χ1n) is 11.8. The van der Waals surface area contributed by atoms with Crippen molar-refractivity contribution in [2.75, 3.05) is 19.8 Å². The minimum atomic E-state index is -3.31. The van der Waals surface area contributed by atoms with Crippen LogP contribution in [-0.2, 0) is 28.5 Å². The number of rotatable bonds is 8. The van der Waals surface area contributed by atoms with Crippen molar-refractivity contribution in [2.24, 2.45) is 0 Å². The van der Waals surface area contributed by atoms with Gasteiger partial charge in [0.05, 0.1) is 13.2 Å². The van der Waals surface area contributed by atoms with E-state index in [1.807, 2.05) is 0 Å². The van der Waals surface area contributed by atoms with Gasteiger partial charge in [-0.1, -0.05) is 0 Å². The standard InChI is InChI=1S/C21H33O18/c22-2-6-11(27)13(29)16(32)19(38-6)21(35)17(33)7(3-23)37-5-20(21,34)18-15(31)14(30)12(28)8(39-18)4-36-10(26)1-9(24)25/h5-8,11-19,22-23,27-35H,1-4H2,(H,24,25)/t6-,7+,8+,11-,12+,13+,14-,15+,16-,17+,18?,19?,20+,21+/m0/s1. The molecule has 12 N–H and O–H groups in total. The number of carbonyl (C=O) groups excluding carboxylic acids is 1. The summed E-state index contributed by atoms with van der Waals surface area (Å²) in [5.41, 5.74) is -6.56. The molecule has 3 rings (SSSR count). The van der Waals surface area contributed by atoms with Gasteiger partial charge in [0, 0.05) is 0 Å². The second-order valence-corrected chi connectivity index (χ2v) is 9.64. The van der Waals surface area contributed by atoms with E-state index in [4.69, 9.17) is 24.1 Å². The lowest BCUT2D eigenvalue weighted by molar-refractivity contribution is -0.379. The van der Waals surface area contributed by atoms with E-state index in [-0.39, 0.29) is 0 Å². The zero-order valence-electron chi connectivity index (χ0n) is 20.2. The maximum Gasteiger partial charge on any atom is 0.317 e. The fraction of sp³-hybridized carbons (Fsp3) is 0.857. The number of carboxylic acid groups (broad SMARTS) is 1. The predicted molar refractivity (Wildman–Crippen MR) is 116 cm³/mol. The molecule has 0 saturated carbocycles. The highest BCUT2D eigenvalue weighted by molar-refractivity contribution is 5.90. The van der Waals surface area contributed by atoms with Crippen molar-refractivity contribution in [3.63, 3.8) is 0 Å². The monoisotopic (exact) mass is 573 g/mol. The highest BCUT2D eigenvalue weighted by atomic mass is 16.6. The molecule has 39 heavy (non-hydrogen) atoms. The van der Waals surface area contributed by atoms with Crippen LogP contribution in [0.5, 0.6) is 0 Å². The summed E-state index contributed by atoms with van der Waals surface area (Å²) < 4.78 is 20.6. The number of ether oxygens (including phenoxy) is 4. The van der Waals surface area contributed by atoms with Gasteiger partial charge in [-0.15, -0.1) is 0 Å². The second kappa shape index (κ2) is 12.1. The van der Waals surface area contributed by atoms with Crippen LogP contribution >= 0.6 is 0 Å². The number of hydrogen-bond acceptors (Lipinski definition) is 17. The predicted octanol–water partition coefficient (Wildman–Crippen LogP) is -7.93. The third-order valence-corrected chi connectivity index (χ3v) is 7.22. The molecular weight excluding hydrogens is 540 g/mol. The molecule has 0 bridgehead atoms. The van der Waals surface area contributed by atoms with Crippen molar-refractivity contribution in [1.29, 1.82) is 0 Å². The van der Waals surface area contributed by atoms with E-state index in [9.17, 15) is 65.8 Å². The van der Waals surface area contributed by atoms with E-state index < -0.39 is 123 Å². The Labute approximate surface area is 219 Å². The highest BCUT2D eigenvalue weighted by Crippen LogP contribution is 2.48. The van der Waals surface area contributed by atoms with Crippen molar-refractivity contribution < 1.29 is 89.8 Å². The molecule has 3 aliphatic heterocycles. The van der Waals surface area contributed by atoms with Gasteiger partial charge in [-0.25, -0.2) is 0 Å². The van der Waals surface area contributed by atoms with Gasteiger partial charge in [-0.05, 0) is 0 Å². The minimum Gasteiger partial charge on any atom is -0.481 e. The number of aliphatic carboxylic acids is 1. The van der Waals surface area contributed by atoms with Crippen LogP contribution in [0.1, 0.15) is 6.42 Å². The van der Waals surface area contributed by atoms with E-state index in [1.54, 1.807) is 0 Å². The van der Waals surface area contributed by atoms with Crippen LogP contribution in [0.15, 0.2) is 0 Å². The van der Waals surface area contributed by atoms with Crippen LogP contribution in [0.25, 0.3) is 0 Å². The molecule has 0 aromatic rings. The lowest BCUT2D eigenvalue weighted by Crippen LogP contribution is -2.83. The quantitative estimate of drug-likeness (QED) is 0.0947. The fourth-order valence-electron chi connectivity index (χ4n) is 4.98. The second-order valence-electron chi connectivity index (χ2n) is 9.64. The molecule has 14 atom stereocenters. The van der Waals surface area contributed by atoms with Crippen molar-refractivity contribution in [3.05, 3.63) is 6.61 Å². The fourth-order valence-corrected chi connectivity index (χ4v) is 4.98. The van der Waals surface area contributed by atoms with Gasteiger partial charge >= 0.3 is 11.9 Å². The maximum absolute atomic E-state index is 11.8. The summed E-state index contributed by atoms with van der Waals surface area (Å²) in [6.07, 6.45) is -26.1. The molecule has 225 valence electrons. The number of hydrogen-bond donors (Lipinski definition) is 12. The van der Waals surface area contributed by atoms with Gasteiger partial charge in [-0.2, -0.15) is 0 Å². The van der Waals surface area contributed by atoms with Crippen LogP contribution < -0.4 is 0 Å². The zero-order chi connectivity index (χ0) is 29.4. The molecule has 3 fully saturated rings. The highest BCUT2D eigenvalue weighted by Gasteiger charge is 2.73. The average molecular weight is 573 g/mol. The molecule has 3 aliphatic rings. The summed E-state index contributed by atoms with van der Waals surface area (Å²) in [6, 6.07) is 0. The van der Waals surface area contributed by atoms with E-state index >= 15 is 0 Å². The van der Waals surface area contributed by atoms with Crippen LogP contribution in [0, 0.1) is 6.61 Å². The molecule has 0 aromatic carbocycles. The van der Waals surface area contributed by atoms with Gasteiger partial charge in [0.1, 0.15) is 92.9 Å². The molecule has 18 heteroatoms. The summed E-state index contributed by atoms with van der Waals surface area (Å²) >= 11 is 0. The lowest BCUT2D eigenvalue weighted by Gasteiger charge is -2.60. The van der Waals surface area contributed by atoms with E-state index in [0.717, 1.165) is 0 Å².